The lowest BCUT2D eigenvalue weighted by atomic mass is 10.1. The lowest BCUT2D eigenvalue weighted by molar-refractivity contribution is -0.115. The number of hydrogen-bond donors (Lipinski definition) is 2. The lowest BCUT2D eigenvalue weighted by Gasteiger charge is -2.09. The number of nitrogens with zero attached hydrogens (tertiary/aromatic N) is 2. The Kier molecular flexibility index (Phi) is 7.27. The summed E-state index contributed by atoms with van der Waals surface area (Å²) in [6, 6.07) is 7.88. The molecule has 2 N–H and O–H groups in total. The number of thiazole rings is 1. The summed E-state index contributed by atoms with van der Waals surface area (Å²) in [5.41, 5.74) is 2.17. The van der Waals surface area contributed by atoms with Gasteiger partial charge in [-0.1, -0.05) is 35.9 Å². The number of hydrogen-bond acceptors (Lipinski definition) is 7. The van der Waals surface area contributed by atoms with E-state index in [-0.39, 0.29) is 17.6 Å². The van der Waals surface area contributed by atoms with Gasteiger partial charge in [-0.25, -0.2) is 4.98 Å². The Labute approximate surface area is 177 Å². The zero-order valence-electron chi connectivity index (χ0n) is 16.7. The van der Waals surface area contributed by atoms with Crippen LogP contribution in [0.15, 0.2) is 28.8 Å². The van der Waals surface area contributed by atoms with Crippen molar-refractivity contribution in [1.82, 2.24) is 10.1 Å². The predicted molar refractivity (Wildman–Crippen MR) is 119 cm³/mol. The van der Waals surface area contributed by atoms with Gasteiger partial charge in [0, 0.05) is 6.07 Å². The number of aryl methyl sites for hydroxylation is 2. The van der Waals surface area contributed by atoms with Crippen molar-refractivity contribution in [2.24, 2.45) is 0 Å². The molecule has 0 fully saturated rings. The number of anilines is 2. The molecule has 0 spiro atoms. The molecule has 1 aromatic carbocycles. The highest BCUT2D eigenvalue weighted by atomic mass is 32.2. The summed E-state index contributed by atoms with van der Waals surface area (Å²) in [5.74, 6) is 0.739. The topological polar surface area (TPSA) is 97.1 Å². The summed E-state index contributed by atoms with van der Waals surface area (Å²) in [6.07, 6.45) is 3.37. The molecule has 7 nitrogen and oxygen atoms in total. The average molecular weight is 433 g/mol. The standard InChI is InChI=1S/C20H24N4O3S2/c1-4-5-6-14-7-8-15-16(10-14)29-20(21-15)23-18(25)11-28-13(3)19(26)22-17-9-12(2)27-24-17/h7-10,13H,4-6,11H2,1-3H3,(H,21,23,25)(H,22,24,26). The van der Waals surface area contributed by atoms with Crippen LogP contribution in [0.2, 0.25) is 0 Å². The second-order valence-electron chi connectivity index (χ2n) is 6.74. The maximum absolute atomic E-state index is 12.3. The number of aromatic nitrogens is 2. The molecule has 1 atom stereocenters. The molecule has 0 bridgehead atoms. The van der Waals surface area contributed by atoms with Crippen molar-refractivity contribution in [1.29, 1.82) is 0 Å². The van der Waals surface area contributed by atoms with Crippen LogP contribution in [0.5, 0.6) is 0 Å². The van der Waals surface area contributed by atoms with Crippen LogP contribution in [0.3, 0.4) is 0 Å². The average Bonchev–Trinajstić information content (AvgIpc) is 3.28. The van der Waals surface area contributed by atoms with E-state index in [1.807, 2.05) is 6.07 Å². The summed E-state index contributed by atoms with van der Waals surface area (Å²) in [7, 11) is 0. The number of thioether (sulfide) groups is 1. The van der Waals surface area contributed by atoms with Crippen LogP contribution in [0, 0.1) is 6.92 Å². The van der Waals surface area contributed by atoms with Gasteiger partial charge < -0.3 is 15.2 Å². The first-order valence-corrected chi connectivity index (χ1v) is 11.4. The van der Waals surface area contributed by atoms with Crippen LogP contribution in [0.1, 0.15) is 38.0 Å². The zero-order valence-corrected chi connectivity index (χ0v) is 18.3. The van der Waals surface area contributed by atoms with Crippen molar-refractivity contribution in [3.05, 3.63) is 35.6 Å². The monoisotopic (exact) mass is 432 g/mol. The molecule has 0 saturated heterocycles. The zero-order chi connectivity index (χ0) is 20.8. The fourth-order valence-electron chi connectivity index (χ4n) is 2.64. The molecule has 0 aliphatic heterocycles. The number of unbranched alkanes of at least 4 members (excludes halogenated alkanes) is 1. The number of rotatable bonds is 9. The van der Waals surface area contributed by atoms with E-state index in [0.29, 0.717) is 16.7 Å². The highest BCUT2D eigenvalue weighted by Crippen LogP contribution is 2.27. The Hall–Kier alpha value is -2.39. The highest BCUT2D eigenvalue weighted by Gasteiger charge is 2.17. The summed E-state index contributed by atoms with van der Waals surface area (Å²) in [6.45, 7) is 5.67. The molecule has 1 unspecified atom stereocenters. The minimum atomic E-state index is -0.408. The molecule has 154 valence electrons. The van der Waals surface area contributed by atoms with E-state index < -0.39 is 5.25 Å². The maximum Gasteiger partial charge on any atom is 0.238 e. The summed E-state index contributed by atoms with van der Waals surface area (Å²) in [4.78, 5) is 28.9. The van der Waals surface area contributed by atoms with Gasteiger partial charge in [0.1, 0.15) is 5.76 Å². The van der Waals surface area contributed by atoms with Crippen molar-refractivity contribution >= 4 is 56.1 Å². The molecule has 3 rings (SSSR count). The third kappa shape index (κ3) is 6.04. The Balaban J connectivity index is 1.50. The number of carbonyl (C=O) groups is 2. The molecule has 9 heteroatoms. The largest absolute Gasteiger partial charge is 0.360 e. The number of fused-ring (bicyclic) bond motifs is 1. The van der Waals surface area contributed by atoms with Gasteiger partial charge >= 0.3 is 0 Å². The van der Waals surface area contributed by atoms with Crippen LogP contribution in [-0.4, -0.2) is 33.0 Å². The van der Waals surface area contributed by atoms with Gasteiger partial charge in [-0.3, -0.25) is 9.59 Å². The second-order valence-corrected chi connectivity index (χ2v) is 9.10. The van der Waals surface area contributed by atoms with Gasteiger partial charge in [-0.2, -0.15) is 0 Å². The molecule has 2 aromatic heterocycles. The first-order valence-electron chi connectivity index (χ1n) is 9.49. The molecular formula is C20H24N4O3S2. The molecule has 0 radical (unpaired) electrons. The first kappa shape index (κ1) is 21.3. The molecule has 0 saturated carbocycles. The maximum atomic E-state index is 12.3. The second kappa shape index (κ2) is 9.89. The third-order valence-corrected chi connectivity index (χ3v) is 6.31. The van der Waals surface area contributed by atoms with Gasteiger partial charge in [-0.15, -0.1) is 11.8 Å². The number of carbonyl (C=O) groups excluding carboxylic acids is 2. The van der Waals surface area contributed by atoms with E-state index in [2.05, 4.69) is 39.8 Å². The smallest absolute Gasteiger partial charge is 0.238 e. The van der Waals surface area contributed by atoms with Crippen molar-refractivity contribution in [2.75, 3.05) is 16.4 Å². The first-order chi connectivity index (χ1) is 13.9. The summed E-state index contributed by atoms with van der Waals surface area (Å²) < 4.78 is 5.99. The van der Waals surface area contributed by atoms with Crippen LogP contribution < -0.4 is 10.6 Å². The minimum Gasteiger partial charge on any atom is -0.360 e. The Morgan fingerprint density at radius 3 is 2.83 bits per heavy atom. The molecule has 2 heterocycles. The van der Waals surface area contributed by atoms with E-state index in [1.165, 1.54) is 28.7 Å². The van der Waals surface area contributed by atoms with Gasteiger partial charge in [0.25, 0.3) is 0 Å². The lowest BCUT2D eigenvalue weighted by Crippen LogP contribution is -2.25. The van der Waals surface area contributed by atoms with Crippen molar-refractivity contribution in [3.63, 3.8) is 0 Å². The van der Waals surface area contributed by atoms with Crippen LogP contribution in [0.25, 0.3) is 10.2 Å². The summed E-state index contributed by atoms with van der Waals surface area (Å²) in [5, 5.41) is 9.40. The van der Waals surface area contributed by atoms with E-state index >= 15 is 0 Å². The van der Waals surface area contributed by atoms with Crippen molar-refractivity contribution in [2.45, 2.75) is 45.3 Å². The summed E-state index contributed by atoms with van der Waals surface area (Å²) >= 11 is 2.72. The van der Waals surface area contributed by atoms with Gasteiger partial charge in [-0.05, 0) is 44.4 Å². The fourth-order valence-corrected chi connectivity index (χ4v) is 4.27. The predicted octanol–water partition coefficient (Wildman–Crippen LogP) is 4.63. The fraction of sp³-hybridized carbons (Fsp3) is 0.400. The van der Waals surface area contributed by atoms with Gasteiger partial charge in [0.05, 0.1) is 21.2 Å². The van der Waals surface area contributed by atoms with E-state index in [9.17, 15) is 9.59 Å². The molecule has 29 heavy (non-hydrogen) atoms. The molecular weight excluding hydrogens is 408 g/mol. The van der Waals surface area contributed by atoms with Crippen LogP contribution >= 0.6 is 23.1 Å². The number of amides is 2. The Bertz CT molecular complexity index is 999. The van der Waals surface area contributed by atoms with Crippen molar-refractivity contribution in [3.8, 4) is 0 Å². The Morgan fingerprint density at radius 2 is 2.10 bits per heavy atom. The highest BCUT2D eigenvalue weighted by molar-refractivity contribution is 8.01. The molecule has 3 aromatic rings. The molecule has 0 aliphatic carbocycles. The van der Waals surface area contributed by atoms with Gasteiger partial charge in [0.15, 0.2) is 10.9 Å². The third-order valence-electron chi connectivity index (χ3n) is 4.23. The Morgan fingerprint density at radius 1 is 1.28 bits per heavy atom. The van der Waals surface area contributed by atoms with Crippen LogP contribution in [0.4, 0.5) is 10.9 Å². The molecule has 0 aliphatic rings. The number of nitrogens with one attached hydrogen (secondary N) is 2. The van der Waals surface area contributed by atoms with Crippen molar-refractivity contribution < 1.29 is 14.1 Å². The normalized spacial score (nSPS) is 12.1. The van der Waals surface area contributed by atoms with Gasteiger partial charge in [0.2, 0.25) is 11.8 Å². The van der Waals surface area contributed by atoms with E-state index in [4.69, 9.17) is 4.52 Å². The molecule has 2 amide bonds. The quantitative estimate of drug-likeness (QED) is 0.511. The van der Waals surface area contributed by atoms with Crippen LogP contribution in [-0.2, 0) is 16.0 Å². The minimum absolute atomic E-state index is 0.157. The SMILES string of the molecule is CCCCc1ccc2nc(NC(=O)CSC(C)C(=O)Nc3cc(C)on3)sc2c1. The van der Waals surface area contributed by atoms with E-state index in [0.717, 1.165) is 29.5 Å². The number of benzene rings is 1. The van der Waals surface area contributed by atoms with E-state index in [1.54, 1.807) is 19.9 Å².